The summed E-state index contributed by atoms with van der Waals surface area (Å²) in [4.78, 5) is 4.39. The summed E-state index contributed by atoms with van der Waals surface area (Å²) in [6.45, 7) is 1.99. The van der Waals surface area contributed by atoms with Crippen LogP contribution in [0.3, 0.4) is 0 Å². The monoisotopic (exact) mass is 339 g/mol. The van der Waals surface area contributed by atoms with Crippen LogP contribution in [-0.2, 0) is 6.42 Å². The van der Waals surface area contributed by atoms with Crippen LogP contribution < -0.4 is 10.5 Å². The Morgan fingerprint density at radius 1 is 1.45 bits per heavy atom. The van der Waals surface area contributed by atoms with Crippen molar-refractivity contribution in [3.63, 3.8) is 0 Å². The Morgan fingerprint density at radius 2 is 2.25 bits per heavy atom. The number of hydrogen-bond acceptors (Lipinski definition) is 5. The van der Waals surface area contributed by atoms with Gasteiger partial charge in [-0.1, -0.05) is 5.16 Å². The van der Waals surface area contributed by atoms with Crippen molar-refractivity contribution in [1.82, 2.24) is 10.1 Å². The molecule has 0 amide bonds. The lowest BCUT2D eigenvalue weighted by Gasteiger charge is -2.03. The SMILES string of the molecule is COc1ccc(-c2noc(CCCC(C)N)n2)cc1Br. The summed E-state index contributed by atoms with van der Waals surface area (Å²) in [5.74, 6) is 2.01. The second kappa shape index (κ2) is 6.85. The van der Waals surface area contributed by atoms with E-state index in [0.29, 0.717) is 11.7 Å². The number of aromatic nitrogens is 2. The Balaban J connectivity index is 2.06. The number of nitrogens with two attached hydrogens (primary N) is 1. The Labute approximate surface area is 126 Å². The lowest BCUT2D eigenvalue weighted by Crippen LogP contribution is -2.14. The van der Waals surface area contributed by atoms with Crippen molar-refractivity contribution in [1.29, 1.82) is 0 Å². The van der Waals surface area contributed by atoms with Crippen molar-refractivity contribution < 1.29 is 9.26 Å². The molecule has 0 aliphatic carbocycles. The maximum atomic E-state index is 5.71. The first kappa shape index (κ1) is 15.0. The van der Waals surface area contributed by atoms with Gasteiger partial charge in [0.2, 0.25) is 11.7 Å². The molecule has 1 aromatic heterocycles. The molecule has 2 rings (SSSR count). The Kier molecular flexibility index (Phi) is 5.14. The van der Waals surface area contributed by atoms with Crippen molar-refractivity contribution in [2.24, 2.45) is 5.73 Å². The van der Waals surface area contributed by atoms with Crippen LogP contribution in [0.2, 0.25) is 0 Å². The summed E-state index contributed by atoms with van der Waals surface area (Å²) in [5.41, 5.74) is 6.60. The van der Waals surface area contributed by atoms with E-state index in [9.17, 15) is 0 Å². The fourth-order valence-corrected chi connectivity index (χ4v) is 2.40. The van der Waals surface area contributed by atoms with Gasteiger partial charge in [0.15, 0.2) is 0 Å². The third-order valence-corrected chi connectivity index (χ3v) is 3.55. The number of rotatable bonds is 6. The van der Waals surface area contributed by atoms with Crippen molar-refractivity contribution >= 4 is 15.9 Å². The number of ether oxygens (including phenoxy) is 1. The molecule has 2 N–H and O–H groups in total. The Morgan fingerprint density at radius 3 is 2.90 bits per heavy atom. The van der Waals surface area contributed by atoms with Crippen molar-refractivity contribution in [2.75, 3.05) is 7.11 Å². The van der Waals surface area contributed by atoms with E-state index in [1.54, 1.807) is 7.11 Å². The van der Waals surface area contributed by atoms with Crippen LogP contribution in [0.1, 0.15) is 25.7 Å². The smallest absolute Gasteiger partial charge is 0.226 e. The zero-order valence-corrected chi connectivity index (χ0v) is 13.2. The summed E-state index contributed by atoms with van der Waals surface area (Å²) >= 11 is 3.44. The molecule has 1 unspecified atom stereocenters. The minimum atomic E-state index is 0.204. The van der Waals surface area contributed by atoms with Crippen LogP contribution in [0.5, 0.6) is 5.75 Å². The maximum absolute atomic E-state index is 5.71. The van der Waals surface area contributed by atoms with E-state index in [4.69, 9.17) is 15.0 Å². The van der Waals surface area contributed by atoms with Crippen LogP contribution in [-0.4, -0.2) is 23.3 Å². The second-order valence-corrected chi connectivity index (χ2v) is 5.58. The number of nitrogens with zero attached hydrogens (tertiary/aromatic N) is 2. The van der Waals surface area contributed by atoms with Crippen LogP contribution in [0.4, 0.5) is 0 Å². The predicted molar refractivity (Wildman–Crippen MR) is 80.6 cm³/mol. The average molecular weight is 340 g/mol. The molecular weight excluding hydrogens is 322 g/mol. The van der Waals surface area contributed by atoms with E-state index >= 15 is 0 Å². The van der Waals surface area contributed by atoms with E-state index in [0.717, 1.165) is 35.0 Å². The largest absolute Gasteiger partial charge is 0.496 e. The highest BCUT2D eigenvalue weighted by atomic mass is 79.9. The van der Waals surface area contributed by atoms with E-state index in [2.05, 4.69) is 26.1 Å². The van der Waals surface area contributed by atoms with Crippen molar-refractivity contribution in [3.05, 3.63) is 28.6 Å². The molecule has 2 aromatic rings. The van der Waals surface area contributed by atoms with Gasteiger partial charge in [-0.2, -0.15) is 4.98 Å². The zero-order chi connectivity index (χ0) is 14.5. The molecule has 108 valence electrons. The molecule has 0 spiro atoms. The normalized spacial score (nSPS) is 12.4. The van der Waals surface area contributed by atoms with E-state index in [-0.39, 0.29) is 6.04 Å². The first-order chi connectivity index (χ1) is 9.60. The van der Waals surface area contributed by atoms with Gasteiger partial charge in [0.05, 0.1) is 11.6 Å². The molecule has 1 atom stereocenters. The van der Waals surface area contributed by atoms with Gasteiger partial charge in [0, 0.05) is 18.0 Å². The van der Waals surface area contributed by atoms with Gasteiger partial charge in [0.25, 0.3) is 0 Å². The fraction of sp³-hybridized carbons (Fsp3) is 0.429. The fourth-order valence-electron chi connectivity index (χ4n) is 1.85. The van der Waals surface area contributed by atoms with Gasteiger partial charge in [-0.15, -0.1) is 0 Å². The van der Waals surface area contributed by atoms with E-state index < -0.39 is 0 Å². The Bertz CT molecular complexity index is 569. The summed E-state index contributed by atoms with van der Waals surface area (Å²) in [5, 5.41) is 4.00. The van der Waals surface area contributed by atoms with Crippen LogP contribution in [0.15, 0.2) is 27.2 Å². The highest BCUT2D eigenvalue weighted by molar-refractivity contribution is 9.10. The number of aryl methyl sites for hydroxylation is 1. The summed E-state index contributed by atoms with van der Waals surface area (Å²) in [6, 6.07) is 5.89. The molecule has 20 heavy (non-hydrogen) atoms. The summed E-state index contributed by atoms with van der Waals surface area (Å²) in [6.07, 6.45) is 2.66. The second-order valence-electron chi connectivity index (χ2n) is 4.73. The molecule has 0 radical (unpaired) electrons. The molecule has 6 heteroatoms. The third-order valence-electron chi connectivity index (χ3n) is 2.93. The zero-order valence-electron chi connectivity index (χ0n) is 11.6. The molecule has 5 nitrogen and oxygen atoms in total. The molecule has 1 aromatic carbocycles. The lowest BCUT2D eigenvalue weighted by molar-refractivity contribution is 0.373. The minimum absolute atomic E-state index is 0.204. The van der Waals surface area contributed by atoms with Crippen LogP contribution >= 0.6 is 15.9 Å². The van der Waals surface area contributed by atoms with Crippen molar-refractivity contribution in [3.8, 4) is 17.1 Å². The average Bonchev–Trinajstić information content (AvgIpc) is 2.87. The molecule has 0 aliphatic rings. The molecule has 1 heterocycles. The molecule has 0 aliphatic heterocycles. The quantitative estimate of drug-likeness (QED) is 0.874. The maximum Gasteiger partial charge on any atom is 0.226 e. The van der Waals surface area contributed by atoms with Gasteiger partial charge in [-0.3, -0.25) is 0 Å². The molecule has 0 bridgehead atoms. The van der Waals surface area contributed by atoms with Crippen LogP contribution in [0, 0.1) is 0 Å². The number of methoxy groups -OCH3 is 1. The number of halogens is 1. The lowest BCUT2D eigenvalue weighted by atomic mass is 10.1. The highest BCUT2D eigenvalue weighted by Gasteiger charge is 2.10. The standard InChI is InChI=1S/C14H18BrN3O2/c1-9(16)4-3-5-13-17-14(18-20-13)10-6-7-12(19-2)11(15)8-10/h6-9H,3-5,16H2,1-2H3. The van der Waals surface area contributed by atoms with Gasteiger partial charge in [-0.25, -0.2) is 0 Å². The van der Waals surface area contributed by atoms with Gasteiger partial charge in [-0.05, 0) is 53.9 Å². The van der Waals surface area contributed by atoms with Crippen LogP contribution in [0.25, 0.3) is 11.4 Å². The third kappa shape index (κ3) is 3.80. The van der Waals surface area contributed by atoms with Gasteiger partial charge < -0.3 is 15.0 Å². The van der Waals surface area contributed by atoms with E-state index in [1.807, 2.05) is 25.1 Å². The first-order valence-electron chi connectivity index (χ1n) is 6.52. The Hall–Kier alpha value is -1.40. The van der Waals surface area contributed by atoms with Gasteiger partial charge >= 0.3 is 0 Å². The number of benzene rings is 1. The first-order valence-corrected chi connectivity index (χ1v) is 7.31. The van der Waals surface area contributed by atoms with Gasteiger partial charge in [0.1, 0.15) is 5.75 Å². The summed E-state index contributed by atoms with van der Waals surface area (Å²) in [7, 11) is 1.63. The van der Waals surface area contributed by atoms with Crippen molar-refractivity contribution in [2.45, 2.75) is 32.2 Å². The molecular formula is C14H18BrN3O2. The topological polar surface area (TPSA) is 74.2 Å². The molecule has 0 fully saturated rings. The number of hydrogen-bond donors (Lipinski definition) is 1. The predicted octanol–water partition coefficient (Wildman–Crippen LogP) is 3.18. The summed E-state index contributed by atoms with van der Waals surface area (Å²) < 4.78 is 11.3. The van der Waals surface area contributed by atoms with E-state index in [1.165, 1.54) is 0 Å². The molecule has 0 saturated carbocycles. The highest BCUT2D eigenvalue weighted by Crippen LogP contribution is 2.29. The minimum Gasteiger partial charge on any atom is -0.496 e. The molecule has 0 saturated heterocycles.